The number of nitrogens with one attached hydrogen (secondary N) is 1. The molecule has 1 amide bonds. The fourth-order valence-corrected chi connectivity index (χ4v) is 5.63. The standard InChI is InChI=1S/C23H21F4N5O3S/c1-14-8-20(32(13-14)36(34,35)18-4-2-17(24)3-5-18)21(33)29-10-15-6-7-28-19(9-15)16-11-30-22(31-12-16)23(25,26)27/h2-7,9,11-12,14,20H,8,10,13H2,1H3,(H,29,33)/t14-,20-/m0/s1. The average molecular weight is 524 g/mol. The normalized spacial score (nSPS) is 18.8. The highest BCUT2D eigenvalue weighted by atomic mass is 32.2. The van der Waals surface area contributed by atoms with Crippen molar-refractivity contribution in [1.82, 2.24) is 24.6 Å². The largest absolute Gasteiger partial charge is 0.451 e. The smallest absolute Gasteiger partial charge is 0.351 e. The average Bonchev–Trinajstić information content (AvgIpc) is 3.25. The Hall–Kier alpha value is -3.45. The van der Waals surface area contributed by atoms with E-state index < -0.39 is 39.8 Å². The van der Waals surface area contributed by atoms with E-state index in [2.05, 4.69) is 20.3 Å². The van der Waals surface area contributed by atoms with E-state index in [1.807, 2.05) is 6.92 Å². The van der Waals surface area contributed by atoms with E-state index in [4.69, 9.17) is 0 Å². The fourth-order valence-electron chi connectivity index (χ4n) is 3.91. The predicted molar refractivity (Wildman–Crippen MR) is 120 cm³/mol. The zero-order chi connectivity index (χ0) is 26.1. The monoisotopic (exact) mass is 523 g/mol. The van der Waals surface area contributed by atoms with Crippen LogP contribution in [0.4, 0.5) is 17.6 Å². The number of rotatable bonds is 6. The molecule has 0 bridgehead atoms. The predicted octanol–water partition coefficient (Wildman–Crippen LogP) is 3.41. The number of halogens is 4. The van der Waals surface area contributed by atoms with Gasteiger partial charge in [-0.3, -0.25) is 9.78 Å². The van der Waals surface area contributed by atoms with Gasteiger partial charge in [-0.15, -0.1) is 0 Å². The van der Waals surface area contributed by atoms with E-state index in [9.17, 15) is 30.8 Å². The highest BCUT2D eigenvalue weighted by Crippen LogP contribution is 2.30. The van der Waals surface area contributed by atoms with Crippen molar-refractivity contribution in [2.24, 2.45) is 5.92 Å². The lowest BCUT2D eigenvalue weighted by atomic mass is 10.1. The molecule has 13 heteroatoms. The molecule has 36 heavy (non-hydrogen) atoms. The molecular formula is C23H21F4N5O3S. The Morgan fingerprint density at radius 2 is 1.78 bits per heavy atom. The molecule has 190 valence electrons. The van der Waals surface area contributed by atoms with Crippen LogP contribution in [-0.2, 0) is 27.5 Å². The molecule has 4 rings (SSSR count). The Kier molecular flexibility index (Phi) is 7.05. The van der Waals surface area contributed by atoms with E-state index in [0.29, 0.717) is 17.7 Å². The maximum Gasteiger partial charge on any atom is 0.451 e. The highest BCUT2D eigenvalue weighted by Gasteiger charge is 2.42. The second-order valence-corrected chi connectivity index (χ2v) is 10.3. The molecule has 1 fully saturated rings. The zero-order valence-corrected chi connectivity index (χ0v) is 19.7. The van der Waals surface area contributed by atoms with Gasteiger partial charge in [0.2, 0.25) is 21.8 Å². The molecule has 1 aliphatic rings. The number of alkyl halides is 3. The van der Waals surface area contributed by atoms with Crippen molar-refractivity contribution in [3.05, 3.63) is 72.2 Å². The molecule has 2 atom stereocenters. The SMILES string of the molecule is C[C@H]1C[C@@H](C(=O)NCc2ccnc(-c3cnc(C(F)(F)F)nc3)c2)N(S(=O)(=O)c2ccc(F)cc2)C1. The van der Waals surface area contributed by atoms with E-state index in [1.165, 1.54) is 6.20 Å². The van der Waals surface area contributed by atoms with Crippen LogP contribution < -0.4 is 5.32 Å². The number of amides is 1. The van der Waals surface area contributed by atoms with Crippen molar-refractivity contribution in [1.29, 1.82) is 0 Å². The quantitative estimate of drug-likeness (QED) is 0.497. The third-order valence-electron chi connectivity index (χ3n) is 5.68. The number of pyridine rings is 1. The second kappa shape index (κ2) is 9.90. The van der Waals surface area contributed by atoms with Crippen LogP contribution >= 0.6 is 0 Å². The Bertz CT molecular complexity index is 1350. The van der Waals surface area contributed by atoms with Gasteiger partial charge in [-0.05, 0) is 54.3 Å². The van der Waals surface area contributed by atoms with Gasteiger partial charge in [0, 0.05) is 37.2 Å². The Labute approximate surface area is 204 Å². The molecule has 0 spiro atoms. The van der Waals surface area contributed by atoms with Gasteiger partial charge < -0.3 is 5.32 Å². The van der Waals surface area contributed by atoms with Crippen molar-refractivity contribution in [3.63, 3.8) is 0 Å². The summed E-state index contributed by atoms with van der Waals surface area (Å²) in [6.45, 7) is 2.01. The Balaban J connectivity index is 1.46. The van der Waals surface area contributed by atoms with Gasteiger partial charge in [0.15, 0.2) is 0 Å². The summed E-state index contributed by atoms with van der Waals surface area (Å²) in [7, 11) is -4.02. The molecular weight excluding hydrogens is 502 g/mol. The van der Waals surface area contributed by atoms with Crippen molar-refractivity contribution in [3.8, 4) is 11.3 Å². The maximum absolute atomic E-state index is 13.3. The first-order valence-electron chi connectivity index (χ1n) is 10.8. The lowest BCUT2D eigenvalue weighted by Crippen LogP contribution is -2.45. The van der Waals surface area contributed by atoms with Gasteiger partial charge in [-0.25, -0.2) is 22.8 Å². The third-order valence-corrected chi connectivity index (χ3v) is 7.57. The van der Waals surface area contributed by atoms with Gasteiger partial charge in [-0.1, -0.05) is 6.92 Å². The first-order chi connectivity index (χ1) is 16.9. The topological polar surface area (TPSA) is 105 Å². The molecule has 0 radical (unpaired) electrons. The van der Waals surface area contributed by atoms with Crippen LogP contribution in [0.3, 0.4) is 0 Å². The minimum absolute atomic E-state index is 0.0329. The number of nitrogens with zero attached hydrogens (tertiary/aromatic N) is 4. The van der Waals surface area contributed by atoms with Crippen molar-refractivity contribution in [2.75, 3.05) is 6.54 Å². The molecule has 8 nitrogen and oxygen atoms in total. The Morgan fingerprint density at radius 1 is 1.11 bits per heavy atom. The van der Waals surface area contributed by atoms with Crippen LogP contribution in [0, 0.1) is 11.7 Å². The summed E-state index contributed by atoms with van der Waals surface area (Å²) in [4.78, 5) is 23.6. The summed E-state index contributed by atoms with van der Waals surface area (Å²) in [6, 6.07) is 6.64. The maximum atomic E-state index is 13.3. The summed E-state index contributed by atoms with van der Waals surface area (Å²) in [5.41, 5.74) is 1.16. The van der Waals surface area contributed by atoms with Gasteiger partial charge in [-0.2, -0.15) is 17.5 Å². The summed E-state index contributed by atoms with van der Waals surface area (Å²) in [5.74, 6) is -2.40. The third kappa shape index (κ3) is 5.51. The minimum Gasteiger partial charge on any atom is -0.351 e. The first kappa shape index (κ1) is 25.6. The molecule has 3 heterocycles. The summed E-state index contributed by atoms with van der Waals surface area (Å²) in [5, 5.41) is 2.72. The number of aromatic nitrogens is 3. The molecule has 1 aromatic carbocycles. The van der Waals surface area contributed by atoms with Gasteiger partial charge >= 0.3 is 6.18 Å². The number of benzene rings is 1. The van der Waals surface area contributed by atoms with E-state index in [1.54, 1.807) is 12.1 Å². The van der Waals surface area contributed by atoms with Crippen LogP contribution in [0.15, 0.2) is 59.9 Å². The van der Waals surface area contributed by atoms with E-state index in [0.717, 1.165) is 41.0 Å². The first-order valence-corrected chi connectivity index (χ1v) is 12.3. The van der Waals surface area contributed by atoms with Crippen LogP contribution in [0.2, 0.25) is 0 Å². The number of hydrogen-bond acceptors (Lipinski definition) is 6. The number of carbonyl (C=O) groups excluding carboxylic acids is 1. The molecule has 0 saturated carbocycles. The zero-order valence-electron chi connectivity index (χ0n) is 18.9. The number of sulfonamides is 1. The molecule has 0 unspecified atom stereocenters. The van der Waals surface area contributed by atoms with Gasteiger partial charge in [0.25, 0.3) is 0 Å². The Morgan fingerprint density at radius 3 is 2.42 bits per heavy atom. The van der Waals surface area contributed by atoms with Crippen molar-refractivity contribution in [2.45, 2.75) is 37.0 Å². The number of carbonyl (C=O) groups is 1. The molecule has 1 N–H and O–H groups in total. The van der Waals surface area contributed by atoms with Crippen molar-refractivity contribution < 1.29 is 30.8 Å². The minimum atomic E-state index is -4.66. The highest BCUT2D eigenvalue weighted by molar-refractivity contribution is 7.89. The second-order valence-electron chi connectivity index (χ2n) is 8.45. The summed E-state index contributed by atoms with van der Waals surface area (Å²) >= 11 is 0. The molecule has 2 aromatic heterocycles. The van der Waals surface area contributed by atoms with Crippen molar-refractivity contribution >= 4 is 15.9 Å². The van der Waals surface area contributed by atoms with Gasteiger partial charge in [0.05, 0.1) is 10.6 Å². The van der Waals surface area contributed by atoms with Gasteiger partial charge in [0.1, 0.15) is 11.9 Å². The number of hydrogen-bond donors (Lipinski definition) is 1. The lowest BCUT2D eigenvalue weighted by Gasteiger charge is -2.23. The molecule has 0 aliphatic carbocycles. The summed E-state index contributed by atoms with van der Waals surface area (Å²) < 4.78 is 78.7. The molecule has 3 aromatic rings. The molecule has 1 aliphatic heterocycles. The van der Waals surface area contributed by atoms with E-state index >= 15 is 0 Å². The van der Waals surface area contributed by atoms with Crippen LogP contribution in [0.5, 0.6) is 0 Å². The fraction of sp³-hybridized carbons (Fsp3) is 0.304. The molecule has 1 saturated heterocycles. The van der Waals surface area contributed by atoms with E-state index in [-0.39, 0.29) is 29.5 Å². The lowest BCUT2D eigenvalue weighted by molar-refractivity contribution is -0.145. The van der Waals surface area contributed by atoms with Crippen LogP contribution in [0.25, 0.3) is 11.3 Å². The summed E-state index contributed by atoms with van der Waals surface area (Å²) in [6.07, 6.45) is -0.890. The van der Waals surface area contributed by atoms with Crippen LogP contribution in [0.1, 0.15) is 24.7 Å². The van der Waals surface area contributed by atoms with Crippen LogP contribution in [-0.4, -0.2) is 46.2 Å².